The third-order valence-corrected chi connectivity index (χ3v) is 4.61. The highest BCUT2D eigenvalue weighted by Gasteiger charge is 2.48. The number of thioether (sulfide) groups is 1. The van der Waals surface area contributed by atoms with Crippen molar-refractivity contribution in [1.29, 1.82) is 0 Å². The second-order valence-corrected chi connectivity index (χ2v) is 5.98. The Morgan fingerprint density at radius 3 is 3.00 bits per heavy atom. The van der Waals surface area contributed by atoms with Gasteiger partial charge in [0.1, 0.15) is 0 Å². The number of benzene rings is 1. The number of carboxylic acid groups (broad SMARTS) is 1. The first-order chi connectivity index (χ1) is 9.65. The zero-order valence-corrected chi connectivity index (χ0v) is 11.9. The van der Waals surface area contributed by atoms with E-state index in [2.05, 4.69) is 10.1 Å². The van der Waals surface area contributed by atoms with Crippen molar-refractivity contribution in [1.82, 2.24) is 10.1 Å². The van der Waals surface area contributed by atoms with Gasteiger partial charge >= 0.3 is 5.97 Å². The number of rotatable bonds is 5. The summed E-state index contributed by atoms with van der Waals surface area (Å²) in [6, 6.07) is 7.54. The number of hydrogen-bond acceptors (Lipinski definition) is 5. The molecule has 1 aliphatic carbocycles. The van der Waals surface area contributed by atoms with Crippen LogP contribution in [0.2, 0.25) is 5.02 Å². The number of hydrogen-bond donors (Lipinski definition) is 1. The summed E-state index contributed by atoms with van der Waals surface area (Å²) in [5.74, 6) is 0.212. The number of aromatic nitrogens is 2. The average molecular weight is 311 g/mol. The Hall–Kier alpha value is -1.53. The van der Waals surface area contributed by atoms with Crippen LogP contribution in [0.1, 0.15) is 24.1 Å². The maximum atomic E-state index is 10.8. The van der Waals surface area contributed by atoms with Gasteiger partial charge in [-0.3, -0.25) is 4.79 Å². The van der Waals surface area contributed by atoms with Crippen molar-refractivity contribution < 1.29 is 14.4 Å². The molecule has 0 radical (unpaired) electrons. The van der Waals surface area contributed by atoms with E-state index in [9.17, 15) is 4.79 Å². The summed E-state index contributed by atoms with van der Waals surface area (Å²) in [6.07, 6.45) is 0.578. The summed E-state index contributed by atoms with van der Waals surface area (Å²) in [5.41, 5.74) is 0. The normalized spacial score (nSPS) is 20.9. The van der Waals surface area contributed by atoms with E-state index in [0.29, 0.717) is 28.9 Å². The first-order valence-corrected chi connectivity index (χ1v) is 7.44. The minimum atomic E-state index is -0.805. The molecular formula is C13H11ClN2O3S. The molecular weight excluding hydrogens is 300 g/mol. The summed E-state index contributed by atoms with van der Waals surface area (Å²) in [6.45, 7) is 0. The van der Waals surface area contributed by atoms with Crippen molar-refractivity contribution in [3.8, 4) is 0 Å². The fraction of sp³-hybridized carbons (Fsp3) is 0.308. The molecule has 0 aliphatic heterocycles. The van der Waals surface area contributed by atoms with Gasteiger partial charge in [0.2, 0.25) is 5.89 Å². The molecule has 1 heterocycles. The van der Waals surface area contributed by atoms with Crippen LogP contribution in [-0.4, -0.2) is 21.2 Å². The first-order valence-electron chi connectivity index (χ1n) is 6.08. The molecule has 0 bridgehead atoms. The number of carbonyl (C=O) groups is 1. The van der Waals surface area contributed by atoms with E-state index in [0.717, 1.165) is 4.90 Å². The van der Waals surface area contributed by atoms with Crippen LogP contribution in [0.15, 0.2) is 33.7 Å². The van der Waals surface area contributed by atoms with Crippen molar-refractivity contribution in [3.63, 3.8) is 0 Å². The van der Waals surface area contributed by atoms with E-state index in [1.165, 1.54) is 11.8 Å². The first kappa shape index (κ1) is 13.5. The molecule has 1 aromatic heterocycles. The van der Waals surface area contributed by atoms with Crippen LogP contribution in [0, 0.1) is 5.92 Å². The molecule has 1 fully saturated rings. The summed E-state index contributed by atoms with van der Waals surface area (Å²) < 4.78 is 5.12. The quantitative estimate of drug-likeness (QED) is 0.855. The molecule has 2 unspecified atom stereocenters. The Balaban J connectivity index is 1.61. The summed E-state index contributed by atoms with van der Waals surface area (Å²) in [7, 11) is 0. The van der Waals surface area contributed by atoms with Gasteiger partial charge in [-0.15, -0.1) is 11.8 Å². The Morgan fingerprint density at radius 1 is 1.50 bits per heavy atom. The topological polar surface area (TPSA) is 76.2 Å². The third kappa shape index (κ3) is 2.81. The van der Waals surface area contributed by atoms with Gasteiger partial charge < -0.3 is 9.63 Å². The van der Waals surface area contributed by atoms with Crippen LogP contribution < -0.4 is 0 Å². The Morgan fingerprint density at radius 2 is 2.30 bits per heavy atom. The highest BCUT2D eigenvalue weighted by molar-refractivity contribution is 7.98. The molecule has 0 spiro atoms. The maximum Gasteiger partial charge on any atom is 0.307 e. The minimum Gasteiger partial charge on any atom is -0.481 e. The third-order valence-electron chi connectivity index (χ3n) is 3.10. The van der Waals surface area contributed by atoms with Gasteiger partial charge in [-0.25, -0.2) is 0 Å². The fourth-order valence-electron chi connectivity index (χ4n) is 1.92. The number of halogens is 1. The molecule has 1 saturated carbocycles. The summed E-state index contributed by atoms with van der Waals surface area (Å²) in [4.78, 5) is 16.0. The molecule has 2 aromatic rings. The van der Waals surface area contributed by atoms with Crippen LogP contribution in [-0.2, 0) is 10.5 Å². The van der Waals surface area contributed by atoms with Crippen molar-refractivity contribution in [2.75, 3.05) is 0 Å². The predicted octanol–water partition coefficient (Wildman–Crippen LogP) is 3.20. The molecule has 104 valence electrons. The van der Waals surface area contributed by atoms with Crippen LogP contribution in [0.25, 0.3) is 0 Å². The molecule has 2 atom stereocenters. The van der Waals surface area contributed by atoms with Crippen molar-refractivity contribution in [3.05, 3.63) is 41.0 Å². The number of nitrogens with zero attached hydrogens (tertiary/aromatic N) is 2. The zero-order chi connectivity index (χ0) is 14.1. The van der Waals surface area contributed by atoms with Gasteiger partial charge in [0, 0.05) is 4.90 Å². The van der Waals surface area contributed by atoms with E-state index >= 15 is 0 Å². The van der Waals surface area contributed by atoms with Crippen molar-refractivity contribution in [2.45, 2.75) is 23.0 Å². The minimum absolute atomic E-state index is 0.126. The Bertz CT molecular complexity index is 646. The monoisotopic (exact) mass is 310 g/mol. The highest BCUT2D eigenvalue weighted by atomic mass is 35.5. The summed E-state index contributed by atoms with van der Waals surface area (Å²) >= 11 is 7.58. The predicted molar refractivity (Wildman–Crippen MR) is 73.8 cm³/mol. The van der Waals surface area contributed by atoms with Crippen molar-refractivity contribution in [2.24, 2.45) is 5.92 Å². The lowest BCUT2D eigenvalue weighted by molar-refractivity contribution is -0.138. The van der Waals surface area contributed by atoms with Crippen molar-refractivity contribution >= 4 is 29.3 Å². The fourth-order valence-corrected chi connectivity index (χ4v) is 3.00. The molecule has 1 aliphatic rings. The lowest BCUT2D eigenvalue weighted by Gasteiger charge is -2.00. The van der Waals surface area contributed by atoms with E-state index in [-0.39, 0.29) is 11.8 Å². The number of carboxylic acids is 1. The van der Waals surface area contributed by atoms with E-state index in [1.54, 1.807) is 0 Å². The van der Waals surface area contributed by atoms with Gasteiger partial charge in [-0.05, 0) is 18.6 Å². The standard InChI is InChI=1S/C13H11ClN2O3S/c14-9-3-1-2-4-10(9)20-6-11-15-12(19-16-11)7-5-8(7)13(17)18/h1-4,7-8H,5-6H2,(H,17,18). The smallest absolute Gasteiger partial charge is 0.307 e. The second-order valence-electron chi connectivity index (χ2n) is 4.55. The van der Waals surface area contributed by atoms with Gasteiger partial charge in [0.15, 0.2) is 5.82 Å². The maximum absolute atomic E-state index is 10.8. The molecule has 0 saturated heterocycles. The zero-order valence-electron chi connectivity index (χ0n) is 10.3. The molecule has 3 rings (SSSR count). The SMILES string of the molecule is O=C(O)C1CC1c1nc(CSc2ccccc2Cl)no1. The Labute approximate surface area is 124 Å². The molecule has 5 nitrogen and oxygen atoms in total. The largest absolute Gasteiger partial charge is 0.481 e. The van der Waals surface area contributed by atoms with E-state index in [4.69, 9.17) is 21.2 Å². The van der Waals surface area contributed by atoms with Crippen LogP contribution >= 0.6 is 23.4 Å². The second kappa shape index (κ2) is 5.46. The highest BCUT2D eigenvalue weighted by Crippen LogP contribution is 2.46. The van der Waals surface area contributed by atoms with E-state index < -0.39 is 5.97 Å². The molecule has 0 amide bonds. The molecule has 1 N–H and O–H groups in total. The lowest BCUT2D eigenvalue weighted by atomic mass is 10.3. The van der Waals surface area contributed by atoms with Gasteiger partial charge in [-0.1, -0.05) is 28.9 Å². The number of aliphatic carboxylic acids is 1. The van der Waals surface area contributed by atoms with Gasteiger partial charge in [-0.2, -0.15) is 4.98 Å². The lowest BCUT2D eigenvalue weighted by Crippen LogP contribution is -1.99. The van der Waals surface area contributed by atoms with Crippen LogP contribution in [0.4, 0.5) is 0 Å². The van der Waals surface area contributed by atoms with Crippen LogP contribution in [0.3, 0.4) is 0 Å². The average Bonchev–Trinajstić information content (AvgIpc) is 3.10. The van der Waals surface area contributed by atoms with Gasteiger partial charge in [0.25, 0.3) is 0 Å². The molecule has 1 aromatic carbocycles. The van der Waals surface area contributed by atoms with Gasteiger partial charge in [0.05, 0.1) is 22.6 Å². The Kier molecular flexibility index (Phi) is 3.67. The van der Waals surface area contributed by atoms with Crippen LogP contribution in [0.5, 0.6) is 0 Å². The molecule has 20 heavy (non-hydrogen) atoms. The van der Waals surface area contributed by atoms with E-state index in [1.807, 2.05) is 24.3 Å². The molecule has 7 heteroatoms. The summed E-state index contributed by atoms with van der Waals surface area (Å²) in [5, 5.41) is 13.4.